The average molecular weight is 378 g/mol. The number of alkyl halides is 1. The maximum Gasteiger partial charge on any atom is 0.167 e. The van der Waals surface area contributed by atoms with Crippen LogP contribution in [-0.4, -0.2) is 0 Å². The van der Waals surface area contributed by atoms with Crippen LogP contribution in [0.5, 0.6) is 11.5 Å². The summed E-state index contributed by atoms with van der Waals surface area (Å²) < 4.78 is 32.6. The van der Waals surface area contributed by atoms with Crippen LogP contribution in [0, 0.1) is 11.6 Å². The first-order valence-electron chi connectivity index (χ1n) is 5.08. The number of hydrogen-bond donors (Lipinski definition) is 0. The highest BCUT2D eigenvalue weighted by Crippen LogP contribution is 2.34. The van der Waals surface area contributed by atoms with Crippen LogP contribution in [0.4, 0.5) is 8.78 Å². The number of para-hydroxylation sites is 1. The Morgan fingerprint density at radius 3 is 2.56 bits per heavy atom. The molecule has 0 bridgehead atoms. The molecule has 0 amide bonds. The SMILES string of the molecule is Fc1ccc(Oc2c(F)cccc2CBr)c(Br)c1. The molecule has 0 aliphatic carbocycles. The molecule has 0 aliphatic rings. The maximum absolute atomic E-state index is 13.7. The molecule has 0 saturated carbocycles. The molecule has 94 valence electrons. The van der Waals surface area contributed by atoms with Crippen LogP contribution in [0.3, 0.4) is 0 Å². The minimum absolute atomic E-state index is 0.140. The lowest BCUT2D eigenvalue weighted by molar-refractivity contribution is 0.435. The molecular formula is C13H8Br2F2O. The smallest absolute Gasteiger partial charge is 0.167 e. The van der Waals surface area contributed by atoms with Gasteiger partial charge in [-0.15, -0.1) is 0 Å². The number of rotatable bonds is 3. The van der Waals surface area contributed by atoms with Crippen molar-refractivity contribution < 1.29 is 13.5 Å². The van der Waals surface area contributed by atoms with Gasteiger partial charge in [-0.05, 0) is 40.2 Å². The quantitative estimate of drug-likeness (QED) is 0.649. The van der Waals surface area contributed by atoms with Gasteiger partial charge in [-0.3, -0.25) is 0 Å². The van der Waals surface area contributed by atoms with E-state index in [0.717, 1.165) is 0 Å². The van der Waals surface area contributed by atoms with Gasteiger partial charge in [0.05, 0.1) is 4.47 Å². The summed E-state index contributed by atoms with van der Waals surface area (Å²) in [6, 6.07) is 8.66. The van der Waals surface area contributed by atoms with Crippen molar-refractivity contribution in [2.45, 2.75) is 5.33 Å². The highest BCUT2D eigenvalue weighted by molar-refractivity contribution is 9.10. The van der Waals surface area contributed by atoms with E-state index in [1.807, 2.05) is 0 Å². The van der Waals surface area contributed by atoms with Crippen LogP contribution >= 0.6 is 31.9 Å². The molecule has 1 nitrogen and oxygen atoms in total. The molecule has 0 aromatic heterocycles. The molecule has 0 saturated heterocycles. The van der Waals surface area contributed by atoms with Gasteiger partial charge in [0.1, 0.15) is 11.6 Å². The highest BCUT2D eigenvalue weighted by atomic mass is 79.9. The molecule has 2 rings (SSSR count). The highest BCUT2D eigenvalue weighted by Gasteiger charge is 2.12. The second kappa shape index (κ2) is 5.80. The van der Waals surface area contributed by atoms with Crippen LogP contribution in [0.1, 0.15) is 5.56 Å². The van der Waals surface area contributed by atoms with Crippen molar-refractivity contribution in [2.75, 3.05) is 0 Å². The Labute approximate surface area is 120 Å². The van der Waals surface area contributed by atoms with Gasteiger partial charge in [0, 0.05) is 10.9 Å². The van der Waals surface area contributed by atoms with E-state index < -0.39 is 5.82 Å². The molecule has 0 aliphatic heterocycles. The van der Waals surface area contributed by atoms with E-state index in [0.29, 0.717) is 21.1 Å². The fraction of sp³-hybridized carbons (Fsp3) is 0.0769. The normalized spacial score (nSPS) is 10.4. The Morgan fingerprint density at radius 2 is 1.89 bits per heavy atom. The topological polar surface area (TPSA) is 9.23 Å². The van der Waals surface area contributed by atoms with Crippen molar-refractivity contribution in [3.63, 3.8) is 0 Å². The number of ether oxygens (including phenoxy) is 1. The largest absolute Gasteiger partial charge is 0.453 e. The van der Waals surface area contributed by atoms with E-state index in [4.69, 9.17) is 4.74 Å². The van der Waals surface area contributed by atoms with Crippen molar-refractivity contribution in [3.05, 3.63) is 58.1 Å². The zero-order chi connectivity index (χ0) is 13.1. The monoisotopic (exact) mass is 376 g/mol. The first-order valence-corrected chi connectivity index (χ1v) is 6.99. The van der Waals surface area contributed by atoms with Crippen molar-refractivity contribution in [3.8, 4) is 11.5 Å². The van der Waals surface area contributed by atoms with Crippen LogP contribution in [0.15, 0.2) is 40.9 Å². The third-order valence-electron chi connectivity index (χ3n) is 2.30. The van der Waals surface area contributed by atoms with Crippen LogP contribution in [-0.2, 0) is 5.33 Å². The molecule has 2 aromatic rings. The lowest BCUT2D eigenvalue weighted by atomic mass is 10.2. The van der Waals surface area contributed by atoms with Gasteiger partial charge in [0.25, 0.3) is 0 Å². The van der Waals surface area contributed by atoms with E-state index in [9.17, 15) is 8.78 Å². The van der Waals surface area contributed by atoms with Crippen molar-refractivity contribution >= 4 is 31.9 Å². The maximum atomic E-state index is 13.7. The Balaban J connectivity index is 2.39. The molecule has 0 unspecified atom stereocenters. The lowest BCUT2D eigenvalue weighted by Gasteiger charge is -2.11. The van der Waals surface area contributed by atoms with Gasteiger partial charge in [-0.1, -0.05) is 28.1 Å². The second-order valence-electron chi connectivity index (χ2n) is 3.54. The summed E-state index contributed by atoms with van der Waals surface area (Å²) >= 11 is 6.44. The third-order valence-corrected chi connectivity index (χ3v) is 3.52. The van der Waals surface area contributed by atoms with Gasteiger partial charge in [-0.25, -0.2) is 8.78 Å². The van der Waals surface area contributed by atoms with Crippen LogP contribution in [0.25, 0.3) is 0 Å². The summed E-state index contributed by atoms with van der Waals surface area (Å²) in [5, 5.41) is 0.471. The zero-order valence-electron chi connectivity index (χ0n) is 9.09. The summed E-state index contributed by atoms with van der Waals surface area (Å²) in [6.45, 7) is 0. The number of halogens is 4. The lowest BCUT2D eigenvalue weighted by Crippen LogP contribution is -1.94. The van der Waals surface area contributed by atoms with Crippen molar-refractivity contribution in [2.24, 2.45) is 0 Å². The van der Waals surface area contributed by atoms with Gasteiger partial charge < -0.3 is 4.74 Å². The second-order valence-corrected chi connectivity index (χ2v) is 4.95. The molecule has 0 atom stereocenters. The van der Waals surface area contributed by atoms with E-state index >= 15 is 0 Å². The van der Waals surface area contributed by atoms with Gasteiger partial charge >= 0.3 is 0 Å². The van der Waals surface area contributed by atoms with Crippen molar-refractivity contribution in [1.82, 2.24) is 0 Å². The Kier molecular flexibility index (Phi) is 4.35. The minimum Gasteiger partial charge on any atom is -0.453 e. The molecular weight excluding hydrogens is 370 g/mol. The summed E-state index contributed by atoms with van der Waals surface area (Å²) in [7, 11) is 0. The summed E-state index contributed by atoms with van der Waals surface area (Å²) in [5.74, 6) is -0.336. The van der Waals surface area contributed by atoms with E-state index in [2.05, 4.69) is 31.9 Å². The molecule has 18 heavy (non-hydrogen) atoms. The average Bonchev–Trinajstić information content (AvgIpc) is 2.34. The van der Waals surface area contributed by atoms with Gasteiger partial charge in [-0.2, -0.15) is 0 Å². The Hall–Kier alpha value is -0.940. The Morgan fingerprint density at radius 1 is 1.11 bits per heavy atom. The Bertz CT molecular complexity index is 573. The zero-order valence-corrected chi connectivity index (χ0v) is 12.3. The standard InChI is InChI=1S/C13H8Br2F2O/c14-7-8-2-1-3-11(17)13(8)18-12-5-4-9(16)6-10(12)15/h1-6H,7H2. The molecule has 0 radical (unpaired) electrons. The van der Waals surface area contributed by atoms with E-state index in [-0.39, 0.29) is 11.6 Å². The number of hydrogen-bond acceptors (Lipinski definition) is 1. The minimum atomic E-state index is -0.455. The summed E-state index contributed by atoms with van der Waals surface area (Å²) in [4.78, 5) is 0. The third kappa shape index (κ3) is 2.90. The van der Waals surface area contributed by atoms with E-state index in [1.165, 1.54) is 24.3 Å². The fourth-order valence-electron chi connectivity index (χ4n) is 1.44. The molecule has 0 fully saturated rings. The fourth-order valence-corrected chi connectivity index (χ4v) is 2.31. The molecule has 2 aromatic carbocycles. The first-order chi connectivity index (χ1) is 8.61. The molecule has 5 heteroatoms. The van der Waals surface area contributed by atoms with Crippen molar-refractivity contribution in [1.29, 1.82) is 0 Å². The molecule has 0 heterocycles. The van der Waals surface area contributed by atoms with Gasteiger partial charge in [0.15, 0.2) is 11.6 Å². The van der Waals surface area contributed by atoms with Crippen LogP contribution < -0.4 is 4.74 Å². The van der Waals surface area contributed by atoms with Gasteiger partial charge in [0.2, 0.25) is 0 Å². The summed E-state index contributed by atoms with van der Waals surface area (Å²) in [5.41, 5.74) is 0.686. The predicted octanol–water partition coefficient (Wildman–Crippen LogP) is 5.41. The summed E-state index contributed by atoms with van der Waals surface area (Å²) in [6.07, 6.45) is 0. The van der Waals surface area contributed by atoms with E-state index in [1.54, 1.807) is 12.1 Å². The molecule has 0 N–H and O–H groups in total. The first kappa shape index (κ1) is 13.5. The van der Waals surface area contributed by atoms with Crippen LogP contribution in [0.2, 0.25) is 0 Å². The molecule has 0 spiro atoms. The number of benzene rings is 2. The predicted molar refractivity (Wildman–Crippen MR) is 73.2 cm³/mol.